The van der Waals surface area contributed by atoms with Gasteiger partial charge in [-0.15, -0.1) is 0 Å². The number of amides is 1. The average Bonchev–Trinajstić information content (AvgIpc) is 2.46. The molecular formula is C18H22N2O. The molecule has 2 rings (SSSR count). The van der Waals surface area contributed by atoms with Gasteiger partial charge in [0.25, 0.3) is 0 Å². The minimum atomic E-state index is 0.0732. The van der Waals surface area contributed by atoms with Gasteiger partial charge < -0.3 is 10.6 Å². The van der Waals surface area contributed by atoms with Crippen LogP contribution >= 0.6 is 0 Å². The topological polar surface area (TPSA) is 46.3 Å². The van der Waals surface area contributed by atoms with Gasteiger partial charge in [0.15, 0.2) is 0 Å². The lowest BCUT2D eigenvalue weighted by atomic mass is 10.0. The molecule has 0 saturated carbocycles. The van der Waals surface area contributed by atoms with Crippen LogP contribution in [0.25, 0.3) is 0 Å². The van der Waals surface area contributed by atoms with E-state index in [2.05, 4.69) is 18.2 Å². The van der Waals surface area contributed by atoms with E-state index in [0.717, 1.165) is 16.8 Å². The first-order valence-corrected chi connectivity index (χ1v) is 7.24. The number of benzene rings is 2. The van der Waals surface area contributed by atoms with Crippen LogP contribution in [0.5, 0.6) is 0 Å². The second-order valence-corrected chi connectivity index (χ2v) is 5.30. The molecule has 0 fully saturated rings. The Labute approximate surface area is 126 Å². The number of nitrogens with two attached hydrogens (primary N) is 1. The van der Waals surface area contributed by atoms with Gasteiger partial charge >= 0.3 is 0 Å². The maximum absolute atomic E-state index is 12.6. The monoisotopic (exact) mass is 282 g/mol. The molecule has 0 aliphatic heterocycles. The lowest BCUT2D eigenvalue weighted by Gasteiger charge is -2.23. The Bertz CT molecular complexity index is 649. The van der Waals surface area contributed by atoms with Crippen LogP contribution in [0.2, 0.25) is 0 Å². The number of carbonyl (C=O) groups excluding carboxylic acids is 1. The Balaban J connectivity index is 2.25. The third-order valence-corrected chi connectivity index (χ3v) is 3.69. The van der Waals surface area contributed by atoms with Crippen molar-refractivity contribution in [2.45, 2.75) is 27.2 Å². The first kappa shape index (κ1) is 15.1. The SMILES string of the molecule is CCN(C(=O)Cc1cc(C)ccc1C)c1ccccc1N. The second-order valence-electron chi connectivity index (χ2n) is 5.30. The standard InChI is InChI=1S/C18H22N2O/c1-4-20(17-8-6-5-7-16(17)19)18(21)12-15-11-13(2)9-10-14(15)3/h5-11H,4,12,19H2,1-3H3. The fourth-order valence-corrected chi connectivity index (χ4v) is 2.46. The quantitative estimate of drug-likeness (QED) is 0.873. The first-order valence-electron chi connectivity index (χ1n) is 7.24. The number of para-hydroxylation sites is 2. The van der Waals surface area contributed by atoms with Crippen molar-refractivity contribution in [3.63, 3.8) is 0 Å². The third-order valence-electron chi connectivity index (χ3n) is 3.69. The minimum absolute atomic E-state index is 0.0732. The average molecular weight is 282 g/mol. The van der Waals surface area contributed by atoms with Gasteiger partial charge in [-0.2, -0.15) is 0 Å². The highest BCUT2D eigenvalue weighted by atomic mass is 16.2. The van der Waals surface area contributed by atoms with E-state index in [4.69, 9.17) is 5.73 Å². The molecule has 2 aromatic carbocycles. The van der Waals surface area contributed by atoms with Gasteiger partial charge in [-0.3, -0.25) is 4.79 Å². The summed E-state index contributed by atoms with van der Waals surface area (Å²) in [4.78, 5) is 14.4. The van der Waals surface area contributed by atoms with Crippen LogP contribution in [-0.2, 0) is 11.2 Å². The van der Waals surface area contributed by atoms with Crippen LogP contribution in [0.3, 0.4) is 0 Å². The molecule has 0 bridgehead atoms. The van der Waals surface area contributed by atoms with Crippen molar-refractivity contribution in [1.29, 1.82) is 0 Å². The molecule has 2 aromatic rings. The molecule has 0 radical (unpaired) electrons. The van der Waals surface area contributed by atoms with Crippen molar-refractivity contribution in [3.05, 3.63) is 59.2 Å². The van der Waals surface area contributed by atoms with E-state index >= 15 is 0 Å². The number of carbonyl (C=O) groups is 1. The van der Waals surface area contributed by atoms with Gasteiger partial charge in [-0.1, -0.05) is 35.9 Å². The Hall–Kier alpha value is -2.29. The second kappa shape index (κ2) is 6.44. The molecule has 21 heavy (non-hydrogen) atoms. The molecule has 2 N–H and O–H groups in total. The zero-order valence-corrected chi connectivity index (χ0v) is 12.9. The molecule has 0 saturated heterocycles. The van der Waals surface area contributed by atoms with E-state index in [1.165, 1.54) is 5.56 Å². The van der Waals surface area contributed by atoms with E-state index in [1.54, 1.807) is 4.90 Å². The van der Waals surface area contributed by atoms with Crippen molar-refractivity contribution in [1.82, 2.24) is 0 Å². The summed E-state index contributed by atoms with van der Waals surface area (Å²) in [5, 5.41) is 0. The van der Waals surface area contributed by atoms with Crippen molar-refractivity contribution in [2.24, 2.45) is 0 Å². The number of hydrogen-bond donors (Lipinski definition) is 1. The van der Waals surface area contributed by atoms with Gasteiger partial charge in [0.2, 0.25) is 5.91 Å². The zero-order valence-electron chi connectivity index (χ0n) is 12.9. The van der Waals surface area contributed by atoms with Crippen LogP contribution in [0.1, 0.15) is 23.6 Å². The van der Waals surface area contributed by atoms with Crippen LogP contribution < -0.4 is 10.6 Å². The molecule has 1 amide bonds. The van der Waals surface area contributed by atoms with E-state index in [9.17, 15) is 4.79 Å². The molecule has 0 aliphatic rings. The number of anilines is 2. The Morgan fingerprint density at radius 1 is 1.14 bits per heavy atom. The highest BCUT2D eigenvalue weighted by Crippen LogP contribution is 2.23. The minimum Gasteiger partial charge on any atom is -0.397 e. The molecule has 0 heterocycles. The van der Waals surface area contributed by atoms with Gasteiger partial charge in [-0.05, 0) is 44.0 Å². The van der Waals surface area contributed by atoms with E-state index in [0.29, 0.717) is 18.7 Å². The largest absolute Gasteiger partial charge is 0.397 e. The summed E-state index contributed by atoms with van der Waals surface area (Å²) in [5.41, 5.74) is 10.8. The Morgan fingerprint density at radius 2 is 1.86 bits per heavy atom. The van der Waals surface area contributed by atoms with E-state index in [1.807, 2.05) is 45.0 Å². The molecule has 0 unspecified atom stereocenters. The molecule has 0 aliphatic carbocycles. The fraction of sp³-hybridized carbons (Fsp3) is 0.278. The highest BCUT2D eigenvalue weighted by molar-refractivity contribution is 5.97. The van der Waals surface area contributed by atoms with Crippen molar-refractivity contribution < 1.29 is 4.79 Å². The summed E-state index contributed by atoms with van der Waals surface area (Å²) in [5.74, 6) is 0.0732. The van der Waals surface area contributed by atoms with E-state index in [-0.39, 0.29) is 5.91 Å². The molecule has 0 spiro atoms. The van der Waals surface area contributed by atoms with Crippen molar-refractivity contribution in [3.8, 4) is 0 Å². The predicted octanol–water partition coefficient (Wildman–Crippen LogP) is 3.48. The van der Waals surface area contributed by atoms with Gasteiger partial charge in [-0.25, -0.2) is 0 Å². The lowest BCUT2D eigenvalue weighted by molar-refractivity contribution is -0.117. The highest BCUT2D eigenvalue weighted by Gasteiger charge is 2.17. The summed E-state index contributed by atoms with van der Waals surface area (Å²) >= 11 is 0. The first-order chi connectivity index (χ1) is 10.0. The van der Waals surface area contributed by atoms with Gasteiger partial charge in [0.05, 0.1) is 17.8 Å². The number of nitrogens with zero attached hydrogens (tertiary/aromatic N) is 1. The van der Waals surface area contributed by atoms with Crippen LogP contribution in [0, 0.1) is 13.8 Å². The fourth-order valence-electron chi connectivity index (χ4n) is 2.46. The summed E-state index contributed by atoms with van der Waals surface area (Å²) in [6.45, 7) is 6.65. The molecule has 3 heteroatoms. The number of likely N-dealkylation sites (N-methyl/N-ethyl adjacent to an activating group) is 1. The Morgan fingerprint density at radius 3 is 2.52 bits per heavy atom. The van der Waals surface area contributed by atoms with Crippen LogP contribution in [-0.4, -0.2) is 12.5 Å². The maximum atomic E-state index is 12.6. The van der Waals surface area contributed by atoms with Gasteiger partial charge in [0.1, 0.15) is 0 Å². The molecule has 0 aromatic heterocycles. The van der Waals surface area contributed by atoms with Crippen LogP contribution in [0.15, 0.2) is 42.5 Å². The number of rotatable bonds is 4. The Kier molecular flexibility index (Phi) is 4.63. The summed E-state index contributed by atoms with van der Waals surface area (Å²) in [7, 11) is 0. The smallest absolute Gasteiger partial charge is 0.231 e. The van der Waals surface area contributed by atoms with Gasteiger partial charge in [0, 0.05) is 6.54 Å². The molecule has 0 atom stereocenters. The summed E-state index contributed by atoms with van der Waals surface area (Å²) in [6.07, 6.45) is 0.398. The number of nitrogen functional groups attached to an aromatic ring is 1. The third kappa shape index (κ3) is 3.43. The maximum Gasteiger partial charge on any atom is 0.231 e. The summed E-state index contributed by atoms with van der Waals surface area (Å²) in [6, 6.07) is 13.7. The zero-order chi connectivity index (χ0) is 15.4. The number of hydrogen-bond acceptors (Lipinski definition) is 2. The van der Waals surface area contributed by atoms with Crippen LogP contribution in [0.4, 0.5) is 11.4 Å². The van der Waals surface area contributed by atoms with E-state index < -0.39 is 0 Å². The molecule has 110 valence electrons. The summed E-state index contributed by atoms with van der Waals surface area (Å²) < 4.78 is 0. The normalized spacial score (nSPS) is 10.4. The number of aryl methyl sites for hydroxylation is 2. The molecular weight excluding hydrogens is 260 g/mol. The van der Waals surface area contributed by atoms with Crippen molar-refractivity contribution >= 4 is 17.3 Å². The predicted molar refractivity (Wildman–Crippen MR) is 88.5 cm³/mol. The molecule has 3 nitrogen and oxygen atoms in total. The lowest BCUT2D eigenvalue weighted by Crippen LogP contribution is -2.32. The van der Waals surface area contributed by atoms with Crippen molar-refractivity contribution in [2.75, 3.05) is 17.2 Å².